The summed E-state index contributed by atoms with van der Waals surface area (Å²) in [7, 11) is 0. The summed E-state index contributed by atoms with van der Waals surface area (Å²) in [6, 6.07) is 16.9. The minimum atomic E-state index is 0.946. The minimum absolute atomic E-state index is 0.946. The van der Waals surface area contributed by atoms with Gasteiger partial charge >= 0.3 is 0 Å². The van der Waals surface area contributed by atoms with E-state index in [-0.39, 0.29) is 0 Å². The van der Waals surface area contributed by atoms with Gasteiger partial charge in [0.25, 0.3) is 0 Å². The molecule has 1 nitrogen and oxygen atoms in total. The molecule has 0 aromatic heterocycles. The maximum absolute atomic E-state index is 4.93. The highest BCUT2D eigenvalue weighted by Crippen LogP contribution is 2.26. The van der Waals surface area contributed by atoms with Crippen molar-refractivity contribution in [3.05, 3.63) is 65.2 Å². The molecule has 0 aliphatic carbocycles. The van der Waals surface area contributed by atoms with Gasteiger partial charge in [-0.05, 0) is 36.5 Å². The van der Waals surface area contributed by atoms with Gasteiger partial charge < -0.3 is 0 Å². The summed E-state index contributed by atoms with van der Waals surface area (Å²) in [5, 5.41) is 0. The lowest BCUT2D eigenvalue weighted by Crippen LogP contribution is -1.99. The number of para-hydroxylation sites is 1. The lowest BCUT2D eigenvalue weighted by atomic mass is 10.0. The Labute approximate surface area is 116 Å². The lowest BCUT2D eigenvalue weighted by molar-refractivity contribution is 1.12. The van der Waals surface area contributed by atoms with Gasteiger partial charge in [-0.2, -0.15) is 0 Å². The number of aliphatic imine (C=N–C) groups is 1. The number of rotatable bonds is 4. The van der Waals surface area contributed by atoms with Gasteiger partial charge in [-0.15, -0.1) is 0 Å². The molecule has 0 aliphatic rings. The number of benzene rings is 2. The van der Waals surface area contributed by atoms with E-state index < -0.39 is 0 Å². The number of hydrogen-bond donors (Lipinski definition) is 0. The Hall–Kier alpha value is -1.89. The Morgan fingerprint density at radius 2 is 1.68 bits per heavy atom. The van der Waals surface area contributed by atoms with Crippen molar-refractivity contribution in [1.29, 1.82) is 0 Å². The molecule has 0 heterocycles. The molecule has 0 fully saturated rings. The Kier molecular flexibility index (Phi) is 4.51. The van der Waals surface area contributed by atoms with Crippen LogP contribution < -0.4 is 0 Å². The standard InChI is InChI=1S/C18H21N/c1-4-15-13-9-10-14(3)18(15)19-17(5-2)16-11-7-6-8-12-16/h6-13H,4-5H2,1-3H3. The highest BCUT2D eigenvalue weighted by Gasteiger charge is 2.06. The van der Waals surface area contributed by atoms with E-state index in [1.54, 1.807) is 0 Å². The highest BCUT2D eigenvalue weighted by molar-refractivity contribution is 6.02. The molecule has 98 valence electrons. The van der Waals surface area contributed by atoms with Gasteiger partial charge in [0.15, 0.2) is 0 Å². The molecule has 2 aromatic rings. The summed E-state index contributed by atoms with van der Waals surface area (Å²) in [4.78, 5) is 4.93. The van der Waals surface area contributed by atoms with Gasteiger partial charge in [0, 0.05) is 5.71 Å². The van der Waals surface area contributed by atoms with Crippen molar-refractivity contribution in [2.45, 2.75) is 33.6 Å². The van der Waals surface area contributed by atoms with Crippen LogP contribution in [0.25, 0.3) is 0 Å². The van der Waals surface area contributed by atoms with Gasteiger partial charge in [0.1, 0.15) is 0 Å². The van der Waals surface area contributed by atoms with Gasteiger partial charge in [0.2, 0.25) is 0 Å². The Balaban J connectivity index is 2.50. The maximum atomic E-state index is 4.93. The van der Waals surface area contributed by atoms with Crippen LogP contribution in [0.3, 0.4) is 0 Å². The predicted octanol–water partition coefficient (Wildman–Crippen LogP) is 5.09. The van der Waals surface area contributed by atoms with E-state index in [2.05, 4.69) is 63.2 Å². The number of nitrogens with zero attached hydrogens (tertiary/aromatic N) is 1. The highest BCUT2D eigenvalue weighted by atomic mass is 14.8. The molecule has 0 saturated heterocycles. The summed E-state index contributed by atoms with van der Waals surface area (Å²) in [6.45, 7) is 6.48. The molecule has 2 aromatic carbocycles. The minimum Gasteiger partial charge on any atom is -0.252 e. The molecular weight excluding hydrogens is 230 g/mol. The maximum Gasteiger partial charge on any atom is 0.0694 e. The third kappa shape index (κ3) is 3.11. The average Bonchev–Trinajstić information content (AvgIpc) is 2.46. The summed E-state index contributed by atoms with van der Waals surface area (Å²) >= 11 is 0. The first kappa shape index (κ1) is 13.5. The van der Waals surface area contributed by atoms with Crippen molar-refractivity contribution < 1.29 is 0 Å². The van der Waals surface area contributed by atoms with Crippen molar-refractivity contribution in [2.75, 3.05) is 0 Å². The Morgan fingerprint density at radius 3 is 2.32 bits per heavy atom. The van der Waals surface area contributed by atoms with Crippen LogP contribution in [-0.2, 0) is 6.42 Å². The van der Waals surface area contributed by atoms with Gasteiger partial charge in [-0.1, -0.05) is 62.4 Å². The van der Waals surface area contributed by atoms with Gasteiger partial charge in [-0.3, -0.25) is 4.99 Å². The second-order valence-corrected chi connectivity index (χ2v) is 4.71. The topological polar surface area (TPSA) is 12.4 Å². The first-order valence-electron chi connectivity index (χ1n) is 6.97. The second-order valence-electron chi connectivity index (χ2n) is 4.71. The van der Waals surface area contributed by atoms with Gasteiger partial charge in [-0.25, -0.2) is 0 Å². The van der Waals surface area contributed by atoms with Crippen LogP contribution in [0.4, 0.5) is 5.69 Å². The van der Waals surface area contributed by atoms with Crippen LogP contribution in [0.15, 0.2) is 53.5 Å². The van der Waals surface area contributed by atoms with Crippen LogP contribution in [0.2, 0.25) is 0 Å². The molecule has 0 N–H and O–H groups in total. The fourth-order valence-corrected chi connectivity index (χ4v) is 2.28. The van der Waals surface area contributed by atoms with Crippen LogP contribution in [0, 0.1) is 6.92 Å². The van der Waals surface area contributed by atoms with Crippen LogP contribution in [0.5, 0.6) is 0 Å². The van der Waals surface area contributed by atoms with Crippen molar-refractivity contribution in [1.82, 2.24) is 0 Å². The molecule has 1 heteroatoms. The van der Waals surface area contributed by atoms with E-state index >= 15 is 0 Å². The third-order valence-electron chi connectivity index (χ3n) is 3.39. The SMILES string of the molecule is CCC(=Nc1c(C)cccc1CC)c1ccccc1. The fourth-order valence-electron chi connectivity index (χ4n) is 2.28. The normalized spacial score (nSPS) is 11.6. The first-order valence-corrected chi connectivity index (χ1v) is 6.97. The summed E-state index contributed by atoms with van der Waals surface area (Å²) in [5.41, 5.74) is 6.09. The van der Waals surface area contributed by atoms with Gasteiger partial charge in [0.05, 0.1) is 5.69 Å². The zero-order valence-corrected chi connectivity index (χ0v) is 12.0. The van der Waals surface area contributed by atoms with E-state index in [1.165, 1.54) is 16.7 Å². The molecule has 0 amide bonds. The fraction of sp³-hybridized carbons (Fsp3) is 0.278. The molecule has 19 heavy (non-hydrogen) atoms. The van der Waals surface area contributed by atoms with Crippen LogP contribution >= 0.6 is 0 Å². The van der Waals surface area contributed by atoms with Crippen molar-refractivity contribution in [3.8, 4) is 0 Å². The number of aryl methyl sites for hydroxylation is 2. The predicted molar refractivity (Wildman–Crippen MR) is 83.5 cm³/mol. The molecular formula is C18H21N. The molecule has 0 unspecified atom stereocenters. The number of hydrogen-bond acceptors (Lipinski definition) is 1. The molecule has 0 spiro atoms. The average molecular weight is 251 g/mol. The van der Waals surface area contributed by atoms with Crippen molar-refractivity contribution in [3.63, 3.8) is 0 Å². The Morgan fingerprint density at radius 1 is 0.947 bits per heavy atom. The smallest absolute Gasteiger partial charge is 0.0694 e. The van der Waals surface area contributed by atoms with E-state index in [4.69, 9.17) is 4.99 Å². The van der Waals surface area contributed by atoms with E-state index in [0.717, 1.165) is 24.2 Å². The third-order valence-corrected chi connectivity index (χ3v) is 3.39. The zero-order chi connectivity index (χ0) is 13.7. The molecule has 0 radical (unpaired) electrons. The van der Waals surface area contributed by atoms with Crippen molar-refractivity contribution >= 4 is 11.4 Å². The molecule has 2 rings (SSSR count). The largest absolute Gasteiger partial charge is 0.252 e. The van der Waals surface area contributed by atoms with Crippen molar-refractivity contribution in [2.24, 2.45) is 4.99 Å². The van der Waals surface area contributed by atoms with Crippen LogP contribution in [0.1, 0.15) is 37.0 Å². The lowest BCUT2D eigenvalue weighted by Gasteiger charge is -2.10. The zero-order valence-electron chi connectivity index (χ0n) is 12.0. The summed E-state index contributed by atoms with van der Waals surface area (Å²) in [5.74, 6) is 0. The monoisotopic (exact) mass is 251 g/mol. The van der Waals surface area contributed by atoms with E-state index in [9.17, 15) is 0 Å². The van der Waals surface area contributed by atoms with E-state index in [1.807, 2.05) is 6.07 Å². The second kappa shape index (κ2) is 6.33. The summed E-state index contributed by atoms with van der Waals surface area (Å²) < 4.78 is 0. The molecule has 0 aliphatic heterocycles. The van der Waals surface area contributed by atoms with Crippen LogP contribution in [-0.4, -0.2) is 5.71 Å². The molecule has 0 saturated carbocycles. The Bertz CT molecular complexity index is 567. The van der Waals surface area contributed by atoms with E-state index in [0.29, 0.717) is 0 Å². The first-order chi connectivity index (χ1) is 9.26. The summed E-state index contributed by atoms with van der Waals surface area (Å²) in [6.07, 6.45) is 1.97. The molecule has 0 bridgehead atoms. The quantitative estimate of drug-likeness (QED) is 0.671. The molecule has 0 atom stereocenters.